The van der Waals surface area contributed by atoms with Crippen LogP contribution in [0, 0.1) is 0 Å². The summed E-state index contributed by atoms with van der Waals surface area (Å²) in [5.41, 5.74) is 0. The molecular formula is C6H9N2O3S-. The van der Waals surface area contributed by atoms with Crippen molar-refractivity contribution in [3.05, 3.63) is 12.4 Å². The molecule has 1 aliphatic rings. The molecule has 1 rings (SSSR count). The molecule has 6 heteroatoms. The summed E-state index contributed by atoms with van der Waals surface area (Å²) in [5, 5.41) is 0. The topological polar surface area (TPSA) is 65.0 Å². The van der Waals surface area contributed by atoms with Gasteiger partial charge in [-0.2, -0.15) is 0 Å². The molecule has 0 aromatic carbocycles. The highest BCUT2D eigenvalue weighted by Crippen LogP contribution is 1.94. The Bertz CT molecular complexity index is 217. The van der Waals surface area contributed by atoms with Crippen LogP contribution in [-0.2, 0) is 15.5 Å². The molecule has 1 heterocycles. The van der Waals surface area contributed by atoms with E-state index in [2.05, 4.69) is 9.18 Å². The largest absolute Gasteiger partial charge is 0.750 e. The second kappa shape index (κ2) is 5.02. The number of hydrogen-bond acceptors (Lipinski definition) is 5. The van der Waals surface area contributed by atoms with Gasteiger partial charge in [-0.25, -0.2) is 4.21 Å². The van der Waals surface area contributed by atoms with Crippen LogP contribution in [0.5, 0.6) is 0 Å². The molecular weight excluding hydrogens is 180 g/mol. The molecule has 0 bridgehead atoms. The fourth-order valence-electron chi connectivity index (χ4n) is 0.795. The summed E-state index contributed by atoms with van der Waals surface area (Å²) in [6.45, 7) is 1.43. The minimum Gasteiger partial charge on any atom is -0.750 e. The van der Waals surface area contributed by atoms with Crippen LogP contribution in [0.2, 0.25) is 0 Å². The maximum Gasteiger partial charge on any atom is 0.0842 e. The Balaban J connectivity index is 2.11. The van der Waals surface area contributed by atoms with Gasteiger partial charge < -0.3 is 9.45 Å². The second-order valence-corrected chi connectivity index (χ2v) is 2.79. The molecule has 68 valence electrons. The van der Waals surface area contributed by atoms with E-state index in [0.29, 0.717) is 13.1 Å². The molecule has 0 saturated carbocycles. The summed E-state index contributed by atoms with van der Waals surface area (Å²) >= 11 is -2.40. The van der Waals surface area contributed by atoms with Crippen LogP contribution in [0.1, 0.15) is 0 Å². The molecule has 0 aliphatic carbocycles. The monoisotopic (exact) mass is 189 g/mol. The van der Waals surface area contributed by atoms with E-state index in [0.717, 1.165) is 0 Å². The van der Waals surface area contributed by atoms with Gasteiger partial charge in [0.15, 0.2) is 0 Å². The normalized spacial score (nSPS) is 18.2. The zero-order valence-corrected chi connectivity index (χ0v) is 7.20. The highest BCUT2D eigenvalue weighted by Gasteiger charge is 1.99. The minimum atomic E-state index is -2.40. The average Bonchev–Trinajstić information content (AvgIpc) is 2.05. The minimum absolute atomic E-state index is 0.175. The summed E-state index contributed by atoms with van der Waals surface area (Å²) in [4.78, 5) is 5.76. The van der Waals surface area contributed by atoms with Gasteiger partial charge in [0.25, 0.3) is 0 Å². The first kappa shape index (κ1) is 9.37. The quantitative estimate of drug-likeness (QED) is 0.567. The predicted molar refractivity (Wildman–Crippen MR) is 44.1 cm³/mol. The van der Waals surface area contributed by atoms with E-state index in [9.17, 15) is 8.76 Å². The van der Waals surface area contributed by atoms with Crippen molar-refractivity contribution in [2.24, 2.45) is 4.99 Å². The maximum absolute atomic E-state index is 9.96. The van der Waals surface area contributed by atoms with Crippen molar-refractivity contribution in [3.8, 4) is 0 Å². The number of nitrogens with zero attached hydrogens (tertiary/aromatic N) is 2. The van der Waals surface area contributed by atoms with Crippen molar-refractivity contribution in [2.45, 2.75) is 0 Å². The molecule has 0 fully saturated rings. The molecule has 1 unspecified atom stereocenters. The maximum atomic E-state index is 9.96. The van der Waals surface area contributed by atoms with Gasteiger partial charge in [-0.3, -0.25) is 9.18 Å². The number of hydrogen-bond donors (Lipinski definition) is 0. The number of aliphatic imine (C=N–C) groups is 1. The molecule has 0 aromatic heterocycles. The molecule has 0 aromatic rings. The molecule has 12 heavy (non-hydrogen) atoms. The lowest BCUT2D eigenvalue weighted by Gasteiger charge is -2.19. The molecule has 1 aliphatic heterocycles. The van der Waals surface area contributed by atoms with E-state index in [4.69, 9.17) is 0 Å². The third-order valence-electron chi connectivity index (χ3n) is 1.34. The van der Waals surface area contributed by atoms with E-state index in [1.807, 2.05) is 4.90 Å². The fourth-order valence-corrected chi connectivity index (χ4v) is 1.01. The lowest BCUT2D eigenvalue weighted by molar-refractivity contribution is 0.260. The zero-order valence-electron chi connectivity index (χ0n) is 6.38. The van der Waals surface area contributed by atoms with Crippen molar-refractivity contribution < 1.29 is 12.9 Å². The van der Waals surface area contributed by atoms with Crippen LogP contribution in [0.15, 0.2) is 17.4 Å². The van der Waals surface area contributed by atoms with E-state index in [-0.39, 0.29) is 6.61 Å². The third-order valence-corrected chi connectivity index (χ3v) is 1.70. The second-order valence-electron chi connectivity index (χ2n) is 2.15. The van der Waals surface area contributed by atoms with Crippen molar-refractivity contribution in [1.82, 2.24) is 4.90 Å². The van der Waals surface area contributed by atoms with Crippen LogP contribution in [-0.4, -0.2) is 39.6 Å². The van der Waals surface area contributed by atoms with Crippen LogP contribution in [0.4, 0.5) is 0 Å². The van der Waals surface area contributed by atoms with E-state index >= 15 is 0 Å². The SMILES string of the molecule is O=S([O-])OCCN1C=CN=CC1. The predicted octanol–water partition coefficient (Wildman–Crippen LogP) is -0.345. The Morgan fingerprint density at radius 1 is 1.75 bits per heavy atom. The standard InChI is InChI=1S/C6H10N2O3S/c9-12(10)11-6-5-8-3-1-7-2-4-8/h1-3H,4-6H2,(H,9,10)/p-1. The van der Waals surface area contributed by atoms with Gasteiger partial charge in [-0.15, -0.1) is 0 Å². The first-order chi connectivity index (χ1) is 5.79. The van der Waals surface area contributed by atoms with Crippen LogP contribution in [0.25, 0.3) is 0 Å². The Morgan fingerprint density at radius 3 is 3.17 bits per heavy atom. The van der Waals surface area contributed by atoms with E-state index < -0.39 is 11.4 Å². The van der Waals surface area contributed by atoms with Crippen molar-refractivity contribution in [2.75, 3.05) is 19.7 Å². The molecule has 0 spiro atoms. The lowest BCUT2D eigenvalue weighted by atomic mass is 10.5. The summed E-state index contributed by atoms with van der Waals surface area (Å²) in [6, 6.07) is 0. The van der Waals surface area contributed by atoms with E-state index in [1.165, 1.54) is 0 Å². The first-order valence-electron chi connectivity index (χ1n) is 3.44. The van der Waals surface area contributed by atoms with Crippen LogP contribution >= 0.6 is 0 Å². The average molecular weight is 189 g/mol. The Hall–Kier alpha value is -0.720. The van der Waals surface area contributed by atoms with Gasteiger partial charge in [0.2, 0.25) is 0 Å². The molecule has 1 atom stereocenters. The summed E-state index contributed by atoms with van der Waals surface area (Å²) in [7, 11) is 0. The summed E-state index contributed by atoms with van der Waals surface area (Å²) in [6.07, 6.45) is 5.18. The van der Waals surface area contributed by atoms with Gasteiger partial charge in [0.1, 0.15) is 0 Å². The smallest absolute Gasteiger partial charge is 0.0842 e. The fraction of sp³-hybridized carbons (Fsp3) is 0.500. The van der Waals surface area contributed by atoms with Crippen molar-refractivity contribution in [1.29, 1.82) is 0 Å². The molecule has 0 saturated heterocycles. The van der Waals surface area contributed by atoms with Gasteiger partial charge in [0, 0.05) is 25.2 Å². The molecule has 0 N–H and O–H groups in total. The highest BCUT2D eigenvalue weighted by molar-refractivity contribution is 7.74. The third kappa shape index (κ3) is 3.61. The summed E-state index contributed by atoms with van der Waals surface area (Å²) in [5.74, 6) is 0. The van der Waals surface area contributed by atoms with Crippen molar-refractivity contribution in [3.63, 3.8) is 0 Å². The highest BCUT2D eigenvalue weighted by atomic mass is 32.2. The Morgan fingerprint density at radius 2 is 2.58 bits per heavy atom. The van der Waals surface area contributed by atoms with Gasteiger partial charge in [-0.1, -0.05) is 0 Å². The molecule has 0 amide bonds. The van der Waals surface area contributed by atoms with Gasteiger partial charge >= 0.3 is 0 Å². The van der Waals surface area contributed by atoms with Crippen LogP contribution < -0.4 is 0 Å². The Labute approximate surface area is 73.2 Å². The molecule has 0 radical (unpaired) electrons. The van der Waals surface area contributed by atoms with Gasteiger partial charge in [0.05, 0.1) is 24.5 Å². The summed E-state index contributed by atoms with van der Waals surface area (Å²) < 4.78 is 24.3. The first-order valence-corrected chi connectivity index (χ1v) is 4.44. The molecule has 5 nitrogen and oxygen atoms in total. The van der Waals surface area contributed by atoms with Crippen LogP contribution in [0.3, 0.4) is 0 Å². The Kier molecular flexibility index (Phi) is 3.92. The number of rotatable bonds is 4. The van der Waals surface area contributed by atoms with E-state index in [1.54, 1.807) is 18.6 Å². The lowest BCUT2D eigenvalue weighted by Crippen LogP contribution is -2.25. The zero-order chi connectivity index (χ0) is 8.81. The van der Waals surface area contributed by atoms with Gasteiger partial charge in [-0.05, 0) is 0 Å². The van der Waals surface area contributed by atoms with Crippen molar-refractivity contribution >= 4 is 17.6 Å².